The Labute approximate surface area is 123 Å². The number of hydrogen-bond donors (Lipinski definition) is 2. The average Bonchev–Trinajstić information content (AvgIpc) is 2.45. The van der Waals surface area contributed by atoms with Crippen molar-refractivity contribution >= 4 is 23.1 Å². The van der Waals surface area contributed by atoms with Gasteiger partial charge in [0.25, 0.3) is 0 Å². The van der Waals surface area contributed by atoms with Gasteiger partial charge in [-0.1, -0.05) is 42.5 Å². The zero-order valence-electron chi connectivity index (χ0n) is 11.2. The van der Waals surface area contributed by atoms with Crippen LogP contribution in [0.3, 0.4) is 0 Å². The summed E-state index contributed by atoms with van der Waals surface area (Å²) in [5, 5.41) is 0. The van der Waals surface area contributed by atoms with Crippen LogP contribution in [0.4, 0.5) is 0 Å². The lowest BCUT2D eigenvalue weighted by Gasteiger charge is -2.35. The molecule has 1 amide bonds. The highest BCUT2D eigenvalue weighted by molar-refractivity contribution is 7.80. The molecule has 1 aliphatic rings. The van der Waals surface area contributed by atoms with Gasteiger partial charge in [-0.3, -0.25) is 9.69 Å². The summed E-state index contributed by atoms with van der Waals surface area (Å²) in [7, 11) is 0. The normalized spacial score (nSPS) is 21.3. The van der Waals surface area contributed by atoms with Crippen molar-refractivity contribution < 1.29 is 9.53 Å². The van der Waals surface area contributed by atoms with Gasteiger partial charge < -0.3 is 16.2 Å². The smallest absolute Gasteiger partial charge is 0.237 e. The van der Waals surface area contributed by atoms with Crippen molar-refractivity contribution in [2.75, 3.05) is 26.3 Å². The number of amides is 1. The van der Waals surface area contributed by atoms with Crippen LogP contribution in [0.25, 0.3) is 0 Å². The molecular weight excluding hydrogens is 274 g/mol. The predicted octanol–water partition coefficient (Wildman–Crippen LogP) is 0.242. The standard InChI is InChI=1S/C14H19N3O2S/c15-13(18)12-9-19-7-6-17(12)8-11(14(16)20)10-4-2-1-3-5-10/h1-5,11-12H,6-9H2,(H2,15,18)(H2,16,20). The maximum atomic E-state index is 11.5. The molecule has 0 saturated carbocycles. The predicted molar refractivity (Wildman–Crippen MR) is 81.3 cm³/mol. The third kappa shape index (κ3) is 3.53. The first-order chi connectivity index (χ1) is 9.59. The molecule has 20 heavy (non-hydrogen) atoms. The van der Waals surface area contributed by atoms with Crippen molar-refractivity contribution in [2.45, 2.75) is 12.0 Å². The molecular formula is C14H19N3O2S. The van der Waals surface area contributed by atoms with Crippen LogP contribution in [0.15, 0.2) is 30.3 Å². The van der Waals surface area contributed by atoms with Crippen molar-refractivity contribution in [3.63, 3.8) is 0 Å². The molecule has 0 spiro atoms. The van der Waals surface area contributed by atoms with Crippen molar-refractivity contribution in [1.82, 2.24) is 4.90 Å². The van der Waals surface area contributed by atoms with E-state index in [2.05, 4.69) is 0 Å². The second-order valence-corrected chi connectivity index (χ2v) is 5.33. The number of rotatable bonds is 5. The van der Waals surface area contributed by atoms with Gasteiger partial charge in [0, 0.05) is 19.0 Å². The first-order valence-corrected chi connectivity index (χ1v) is 6.96. The van der Waals surface area contributed by atoms with Crippen LogP contribution in [0.1, 0.15) is 11.5 Å². The molecule has 5 nitrogen and oxygen atoms in total. The zero-order valence-corrected chi connectivity index (χ0v) is 12.0. The molecule has 1 fully saturated rings. The Bertz CT molecular complexity index is 481. The summed E-state index contributed by atoms with van der Waals surface area (Å²) >= 11 is 5.18. The number of nitrogens with two attached hydrogens (primary N) is 2. The lowest BCUT2D eigenvalue weighted by Crippen LogP contribution is -2.54. The number of ether oxygens (including phenoxy) is 1. The molecule has 1 aromatic rings. The van der Waals surface area contributed by atoms with Crippen LogP contribution in [0, 0.1) is 0 Å². The summed E-state index contributed by atoms with van der Waals surface area (Å²) < 4.78 is 5.31. The zero-order chi connectivity index (χ0) is 14.5. The Balaban J connectivity index is 2.15. The molecule has 4 N–H and O–H groups in total. The van der Waals surface area contributed by atoms with Gasteiger partial charge in [-0.2, -0.15) is 0 Å². The Hall–Kier alpha value is -1.50. The Morgan fingerprint density at radius 1 is 1.40 bits per heavy atom. The van der Waals surface area contributed by atoms with Crippen molar-refractivity contribution in [1.29, 1.82) is 0 Å². The number of morpholine rings is 1. The molecule has 0 aromatic heterocycles. The summed E-state index contributed by atoms with van der Waals surface area (Å²) in [6.45, 7) is 2.15. The Kier molecular flexibility index (Phi) is 5.05. The highest BCUT2D eigenvalue weighted by Gasteiger charge is 2.30. The summed E-state index contributed by atoms with van der Waals surface area (Å²) in [6.07, 6.45) is 0. The number of benzene rings is 1. The lowest BCUT2D eigenvalue weighted by molar-refractivity contribution is -0.129. The molecule has 1 heterocycles. The fourth-order valence-corrected chi connectivity index (χ4v) is 2.61. The monoisotopic (exact) mass is 293 g/mol. The number of hydrogen-bond acceptors (Lipinski definition) is 4. The second kappa shape index (κ2) is 6.78. The van der Waals surface area contributed by atoms with Crippen LogP contribution in [-0.4, -0.2) is 48.1 Å². The fraction of sp³-hybridized carbons (Fsp3) is 0.429. The van der Waals surface area contributed by atoms with E-state index in [0.717, 1.165) is 5.56 Å². The van der Waals surface area contributed by atoms with Crippen LogP contribution in [0.5, 0.6) is 0 Å². The maximum absolute atomic E-state index is 11.5. The van der Waals surface area contributed by atoms with E-state index in [-0.39, 0.29) is 11.8 Å². The molecule has 108 valence electrons. The van der Waals surface area contributed by atoms with Crippen LogP contribution in [0.2, 0.25) is 0 Å². The minimum absolute atomic E-state index is 0.0915. The first kappa shape index (κ1) is 14.9. The van der Waals surface area contributed by atoms with E-state index in [0.29, 0.717) is 31.3 Å². The third-order valence-electron chi connectivity index (χ3n) is 3.53. The highest BCUT2D eigenvalue weighted by atomic mass is 32.1. The first-order valence-electron chi connectivity index (χ1n) is 6.55. The average molecular weight is 293 g/mol. The van der Waals surface area contributed by atoms with Crippen molar-refractivity contribution in [2.24, 2.45) is 11.5 Å². The van der Waals surface area contributed by atoms with Crippen LogP contribution >= 0.6 is 12.2 Å². The Morgan fingerprint density at radius 3 is 2.70 bits per heavy atom. The molecule has 2 unspecified atom stereocenters. The molecule has 0 radical (unpaired) electrons. The molecule has 0 bridgehead atoms. The molecule has 1 saturated heterocycles. The van der Waals surface area contributed by atoms with Gasteiger partial charge >= 0.3 is 0 Å². The van der Waals surface area contributed by atoms with Gasteiger partial charge in [-0.05, 0) is 5.56 Å². The van der Waals surface area contributed by atoms with Crippen molar-refractivity contribution in [3.8, 4) is 0 Å². The molecule has 1 aliphatic heterocycles. The van der Waals surface area contributed by atoms with Crippen molar-refractivity contribution in [3.05, 3.63) is 35.9 Å². The number of nitrogens with zero attached hydrogens (tertiary/aromatic N) is 1. The summed E-state index contributed by atoms with van der Waals surface area (Å²) in [5.74, 6) is -0.467. The molecule has 6 heteroatoms. The largest absolute Gasteiger partial charge is 0.393 e. The second-order valence-electron chi connectivity index (χ2n) is 4.85. The van der Waals surface area contributed by atoms with E-state index in [4.69, 9.17) is 28.4 Å². The number of primary amides is 1. The van der Waals surface area contributed by atoms with E-state index >= 15 is 0 Å². The van der Waals surface area contributed by atoms with Crippen LogP contribution in [-0.2, 0) is 9.53 Å². The molecule has 0 aliphatic carbocycles. The number of carbonyl (C=O) groups excluding carboxylic acids is 1. The van der Waals surface area contributed by atoms with E-state index in [1.807, 2.05) is 35.2 Å². The molecule has 2 atom stereocenters. The van der Waals surface area contributed by atoms with Gasteiger partial charge in [-0.15, -0.1) is 0 Å². The topological polar surface area (TPSA) is 81.6 Å². The third-order valence-corrected chi connectivity index (χ3v) is 3.81. The summed E-state index contributed by atoms with van der Waals surface area (Å²) in [4.78, 5) is 13.9. The van der Waals surface area contributed by atoms with Gasteiger partial charge in [-0.25, -0.2) is 0 Å². The lowest BCUT2D eigenvalue weighted by atomic mass is 9.97. The highest BCUT2D eigenvalue weighted by Crippen LogP contribution is 2.20. The quantitative estimate of drug-likeness (QED) is 0.760. The van der Waals surface area contributed by atoms with E-state index in [1.54, 1.807) is 0 Å². The van der Waals surface area contributed by atoms with Gasteiger partial charge in [0.1, 0.15) is 6.04 Å². The Morgan fingerprint density at radius 2 is 2.10 bits per heavy atom. The van der Waals surface area contributed by atoms with E-state index in [9.17, 15) is 4.79 Å². The van der Waals surface area contributed by atoms with Gasteiger partial charge in [0.2, 0.25) is 5.91 Å². The fourth-order valence-electron chi connectivity index (χ4n) is 2.40. The van der Waals surface area contributed by atoms with Crippen LogP contribution < -0.4 is 11.5 Å². The van der Waals surface area contributed by atoms with E-state index < -0.39 is 6.04 Å². The minimum atomic E-state index is -0.413. The molecule has 1 aromatic carbocycles. The number of carbonyl (C=O) groups is 1. The number of thiocarbonyl (C=S) groups is 1. The maximum Gasteiger partial charge on any atom is 0.237 e. The van der Waals surface area contributed by atoms with E-state index in [1.165, 1.54) is 0 Å². The van der Waals surface area contributed by atoms with Gasteiger partial charge in [0.05, 0.1) is 18.2 Å². The molecule has 2 rings (SSSR count). The van der Waals surface area contributed by atoms with Gasteiger partial charge in [0.15, 0.2) is 0 Å². The summed E-state index contributed by atoms with van der Waals surface area (Å²) in [5.41, 5.74) is 12.3. The summed E-state index contributed by atoms with van der Waals surface area (Å²) in [6, 6.07) is 9.41. The minimum Gasteiger partial charge on any atom is -0.393 e. The SMILES string of the molecule is NC(=O)C1COCCN1CC(C(N)=S)c1ccccc1.